The van der Waals surface area contributed by atoms with Gasteiger partial charge in [-0.15, -0.1) is 0 Å². The summed E-state index contributed by atoms with van der Waals surface area (Å²) in [6.45, 7) is 10.4. The molecule has 0 aliphatic carbocycles. The van der Waals surface area contributed by atoms with Gasteiger partial charge in [0.25, 0.3) is 5.91 Å². The molecular formula is C22H27F2N3O. The highest BCUT2D eigenvalue weighted by atomic mass is 19.1. The third-order valence-electron chi connectivity index (χ3n) is 5.41. The Balaban J connectivity index is 1.81. The van der Waals surface area contributed by atoms with E-state index in [4.69, 9.17) is 0 Å². The number of carbonyl (C=O) groups is 1. The molecule has 6 heteroatoms. The van der Waals surface area contributed by atoms with E-state index in [1.807, 2.05) is 6.92 Å². The molecule has 1 aliphatic rings. The van der Waals surface area contributed by atoms with Crippen molar-refractivity contribution in [3.8, 4) is 0 Å². The maximum absolute atomic E-state index is 14.0. The van der Waals surface area contributed by atoms with E-state index in [1.54, 1.807) is 19.1 Å². The molecule has 0 saturated carbocycles. The number of halogens is 2. The van der Waals surface area contributed by atoms with Crippen molar-refractivity contribution >= 4 is 11.6 Å². The minimum atomic E-state index is -0.455. The summed E-state index contributed by atoms with van der Waals surface area (Å²) < 4.78 is 27.5. The van der Waals surface area contributed by atoms with Gasteiger partial charge in [-0.05, 0) is 56.3 Å². The van der Waals surface area contributed by atoms with E-state index in [9.17, 15) is 13.6 Å². The molecule has 0 bridgehead atoms. The van der Waals surface area contributed by atoms with Crippen molar-refractivity contribution in [2.75, 3.05) is 37.6 Å². The number of hydrogen-bond donors (Lipinski definition) is 1. The number of rotatable bonds is 5. The van der Waals surface area contributed by atoms with E-state index in [-0.39, 0.29) is 11.7 Å². The van der Waals surface area contributed by atoms with E-state index < -0.39 is 11.9 Å². The highest BCUT2D eigenvalue weighted by Crippen LogP contribution is 2.29. The lowest BCUT2D eigenvalue weighted by molar-refractivity contribution is 0.0938. The lowest BCUT2D eigenvalue weighted by Crippen LogP contribution is -2.46. The van der Waals surface area contributed by atoms with Gasteiger partial charge in [-0.2, -0.15) is 0 Å². The molecule has 0 spiro atoms. The second kappa shape index (κ2) is 8.69. The minimum absolute atomic E-state index is 0.293. The summed E-state index contributed by atoms with van der Waals surface area (Å²) >= 11 is 0. The van der Waals surface area contributed by atoms with Crippen LogP contribution in [0.5, 0.6) is 0 Å². The molecule has 3 rings (SSSR count). The van der Waals surface area contributed by atoms with Crippen molar-refractivity contribution in [3.05, 3.63) is 64.7 Å². The summed E-state index contributed by atoms with van der Waals surface area (Å²) in [6.07, 6.45) is 0. The number of aryl methyl sites for hydroxylation is 1. The van der Waals surface area contributed by atoms with Crippen molar-refractivity contribution in [1.82, 2.24) is 10.2 Å². The van der Waals surface area contributed by atoms with E-state index in [2.05, 4.69) is 22.0 Å². The lowest BCUT2D eigenvalue weighted by Gasteiger charge is -2.37. The van der Waals surface area contributed by atoms with Crippen LogP contribution in [0.15, 0.2) is 36.4 Å². The van der Waals surface area contributed by atoms with Gasteiger partial charge >= 0.3 is 0 Å². The second-order valence-corrected chi connectivity index (χ2v) is 7.28. The summed E-state index contributed by atoms with van der Waals surface area (Å²) in [7, 11) is 0. The first kappa shape index (κ1) is 20.3. The first-order valence-electron chi connectivity index (χ1n) is 9.72. The topological polar surface area (TPSA) is 35.6 Å². The van der Waals surface area contributed by atoms with Gasteiger partial charge in [0.15, 0.2) is 0 Å². The summed E-state index contributed by atoms with van der Waals surface area (Å²) in [6, 6.07) is 8.44. The van der Waals surface area contributed by atoms with Crippen LogP contribution >= 0.6 is 0 Å². The molecule has 0 aromatic heterocycles. The number of hydrogen-bond acceptors (Lipinski definition) is 3. The van der Waals surface area contributed by atoms with Crippen LogP contribution in [0.25, 0.3) is 0 Å². The number of nitrogens with one attached hydrogen (secondary N) is 1. The highest BCUT2D eigenvalue weighted by molar-refractivity contribution is 5.96. The zero-order chi connectivity index (χ0) is 20.3. The number of anilines is 1. The quantitative estimate of drug-likeness (QED) is 0.845. The third kappa shape index (κ3) is 4.50. The van der Waals surface area contributed by atoms with Gasteiger partial charge in [0.1, 0.15) is 11.6 Å². The van der Waals surface area contributed by atoms with Crippen LogP contribution in [0.4, 0.5) is 14.5 Å². The van der Waals surface area contributed by atoms with Gasteiger partial charge in [-0.1, -0.05) is 13.0 Å². The van der Waals surface area contributed by atoms with Gasteiger partial charge in [0.2, 0.25) is 0 Å². The molecule has 1 aliphatic heterocycles. The average molecular weight is 387 g/mol. The normalized spacial score (nSPS) is 16.1. The number of likely N-dealkylation sites (N-methyl/N-ethyl adjacent to an activating group) is 1. The molecule has 1 heterocycles. The molecule has 1 amide bonds. The second-order valence-electron chi connectivity index (χ2n) is 7.28. The van der Waals surface area contributed by atoms with Crippen molar-refractivity contribution in [1.29, 1.82) is 0 Å². The Bertz CT molecular complexity index is 848. The van der Waals surface area contributed by atoms with Crippen LogP contribution in [-0.2, 0) is 0 Å². The van der Waals surface area contributed by atoms with Crippen LogP contribution < -0.4 is 10.2 Å². The van der Waals surface area contributed by atoms with Crippen LogP contribution in [0.3, 0.4) is 0 Å². The maximum atomic E-state index is 14.0. The highest BCUT2D eigenvalue weighted by Gasteiger charge is 2.22. The smallest absolute Gasteiger partial charge is 0.252 e. The Kier molecular flexibility index (Phi) is 6.29. The molecular weight excluding hydrogens is 360 g/mol. The molecule has 1 saturated heterocycles. The SMILES string of the molecule is CCN1CCN(c2ccc(F)cc2C(C)NC(=O)c2cc(F)ccc2C)CC1. The Morgan fingerprint density at radius 1 is 1.07 bits per heavy atom. The molecule has 1 unspecified atom stereocenters. The predicted octanol–water partition coefficient (Wildman–Crippen LogP) is 3.91. The van der Waals surface area contributed by atoms with E-state index in [0.717, 1.165) is 44.0 Å². The van der Waals surface area contributed by atoms with E-state index in [0.29, 0.717) is 11.1 Å². The Hall–Kier alpha value is -2.47. The number of benzene rings is 2. The zero-order valence-corrected chi connectivity index (χ0v) is 16.6. The molecule has 2 aromatic carbocycles. The molecule has 4 nitrogen and oxygen atoms in total. The fourth-order valence-electron chi connectivity index (χ4n) is 3.66. The molecule has 1 fully saturated rings. The zero-order valence-electron chi connectivity index (χ0n) is 16.6. The summed E-state index contributed by atoms with van der Waals surface area (Å²) in [4.78, 5) is 17.3. The summed E-state index contributed by atoms with van der Waals surface area (Å²) in [5.74, 6) is -1.16. The first-order valence-corrected chi connectivity index (χ1v) is 9.72. The van der Waals surface area contributed by atoms with Gasteiger partial charge < -0.3 is 15.1 Å². The molecule has 1 N–H and O–H groups in total. The third-order valence-corrected chi connectivity index (χ3v) is 5.41. The van der Waals surface area contributed by atoms with Gasteiger partial charge in [-0.25, -0.2) is 8.78 Å². The van der Waals surface area contributed by atoms with Crippen molar-refractivity contribution in [3.63, 3.8) is 0 Å². The largest absolute Gasteiger partial charge is 0.369 e. The van der Waals surface area contributed by atoms with Crippen LogP contribution in [0, 0.1) is 18.6 Å². The number of nitrogens with zero attached hydrogens (tertiary/aromatic N) is 2. The maximum Gasteiger partial charge on any atom is 0.252 e. The Morgan fingerprint density at radius 2 is 1.71 bits per heavy atom. The molecule has 0 radical (unpaired) electrons. The summed E-state index contributed by atoms with van der Waals surface area (Å²) in [5.41, 5.74) is 2.65. The van der Waals surface area contributed by atoms with Crippen LogP contribution in [-0.4, -0.2) is 43.5 Å². The standard InChI is InChI=1S/C22H27F2N3O/c1-4-26-9-11-27(12-10-26)21-8-7-18(24)14-20(21)16(3)25-22(28)19-13-17(23)6-5-15(19)2/h5-8,13-14,16H,4,9-12H2,1-3H3,(H,25,28). The fourth-order valence-corrected chi connectivity index (χ4v) is 3.66. The fraction of sp³-hybridized carbons (Fsp3) is 0.409. The van der Waals surface area contributed by atoms with E-state index >= 15 is 0 Å². The van der Waals surface area contributed by atoms with Crippen LogP contribution in [0.1, 0.15) is 41.4 Å². The molecule has 1 atom stereocenters. The van der Waals surface area contributed by atoms with Crippen molar-refractivity contribution < 1.29 is 13.6 Å². The van der Waals surface area contributed by atoms with Crippen LogP contribution in [0.2, 0.25) is 0 Å². The van der Waals surface area contributed by atoms with Crippen molar-refractivity contribution in [2.24, 2.45) is 0 Å². The minimum Gasteiger partial charge on any atom is -0.369 e. The molecule has 2 aromatic rings. The Morgan fingerprint density at radius 3 is 2.39 bits per heavy atom. The van der Waals surface area contributed by atoms with E-state index in [1.165, 1.54) is 24.3 Å². The number of carbonyl (C=O) groups excluding carboxylic acids is 1. The number of amides is 1. The monoisotopic (exact) mass is 387 g/mol. The average Bonchev–Trinajstić information content (AvgIpc) is 2.69. The first-order chi connectivity index (χ1) is 13.4. The van der Waals surface area contributed by atoms with Gasteiger partial charge in [0, 0.05) is 43.0 Å². The lowest BCUT2D eigenvalue weighted by atomic mass is 10.0. The summed E-state index contributed by atoms with van der Waals surface area (Å²) in [5, 5.41) is 2.90. The molecule has 150 valence electrons. The van der Waals surface area contributed by atoms with Gasteiger partial charge in [0.05, 0.1) is 6.04 Å². The van der Waals surface area contributed by atoms with Crippen molar-refractivity contribution in [2.45, 2.75) is 26.8 Å². The van der Waals surface area contributed by atoms with Gasteiger partial charge in [-0.3, -0.25) is 4.79 Å². The number of piperazine rings is 1. The predicted molar refractivity (Wildman–Crippen MR) is 108 cm³/mol. The Labute approximate surface area is 165 Å². The molecule has 28 heavy (non-hydrogen) atoms.